The second-order valence-electron chi connectivity index (χ2n) is 4.03. The summed E-state index contributed by atoms with van der Waals surface area (Å²) < 4.78 is 10.3. The van der Waals surface area contributed by atoms with Gasteiger partial charge in [0.05, 0.1) is 19.9 Å². The molecule has 5 heteroatoms. The van der Waals surface area contributed by atoms with Crippen molar-refractivity contribution in [3.05, 3.63) is 18.2 Å². The average molecular weight is 252 g/mol. The van der Waals surface area contributed by atoms with Crippen LogP contribution in [0.15, 0.2) is 18.2 Å². The first-order valence-corrected chi connectivity index (χ1v) is 5.85. The third-order valence-corrected chi connectivity index (χ3v) is 2.71. The van der Waals surface area contributed by atoms with Crippen LogP contribution in [-0.4, -0.2) is 26.7 Å². The fourth-order valence-electron chi connectivity index (χ4n) is 1.55. The van der Waals surface area contributed by atoms with E-state index in [1.165, 1.54) is 0 Å². The van der Waals surface area contributed by atoms with Crippen molar-refractivity contribution >= 4 is 11.6 Å². The second-order valence-corrected chi connectivity index (χ2v) is 4.03. The summed E-state index contributed by atoms with van der Waals surface area (Å²) in [5, 5.41) is 2.82. The Morgan fingerprint density at radius 1 is 1.39 bits per heavy atom. The Kier molecular flexibility index (Phi) is 5.45. The first-order valence-electron chi connectivity index (χ1n) is 5.85. The number of amides is 1. The summed E-state index contributed by atoms with van der Waals surface area (Å²) in [5.41, 5.74) is 6.04. The van der Waals surface area contributed by atoms with Gasteiger partial charge in [0.1, 0.15) is 11.5 Å². The van der Waals surface area contributed by atoms with Crippen molar-refractivity contribution in [3.63, 3.8) is 0 Å². The van der Waals surface area contributed by atoms with E-state index < -0.39 is 0 Å². The summed E-state index contributed by atoms with van der Waals surface area (Å²) in [4.78, 5) is 11.9. The van der Waals surface area contributed by atoms with Crippen LogP contribution in [0.2, 0.25) is 0 Å². The lowest BCUT2D eigenvalue weighted by Crippen LogP contribution is -2.23. The zero-order chi connectivity index (χ0) is 13.5. The summed E-state index contributed by atoms with van der Waals surface area (Å²) in [6, 6.07) is 5.26. The van der Waals surface area contributed by atoms with Crippen LogP contribution in [-0.2, 0) is 4.79 Å². The van der Waals surface area contributed by atoms with Crippen LogP contribution in [0.3, 0.4) is 0 Å². The van der Waals surface area contributed by atoms with Crippen LogP contribution in [0.1, 0.15) is 13.3 Å². The number of hydrogen-bond donors (Lipinski definition) is 2. The molecule has 1 unspecified atom stereocenters. The molecule has 18 heavy (non-hydrogen) atoms. The SMILES string of the molecule is COc1ccc(OC)c(NC(=O)C(C)CCN)c1. The van der Waals surface area contributed by atoms with Gasteiger partial charge >= 0.3 is 0 Å². The Bertz CT molecular complexity index is 407. The average Bonchev–Trinajstić information content (AvgIpc) is 2.38. The maximum atomic E-state index is 11.9. The topological polar surface area (TPSA) is 73.6 Å². The zero-order valence-corrected chi connectivity index (χ0v) is 11.0. The fourth-order valence-corrected chi connectivity index (χ4v) is 1.55. The minimum absolute atomic E-state index is 0.0768. The molecule has 1 amide bonds. The van der Waals surface area contributed by atoms with Crippen molar-refractivity contribution in [3.8, 4) is 11.5 Å². The number of carbonyl (C=O) groups excluding carboxylic acids is 1. The van der Waals surface area contributed by atoms with E-state index in [1.807, 2.05) is 6.92 Å². The van der Waals surface area contributed by atoms with Gasteiger partial charge < -0.3 is 20.5 Å². The Balaban J connectivity index is 2.84. The molecule has 0 aliphatic rings. The van der Waals surface area contributed by atoms with Gasteiger partial charge in [0.25, 0.3) is 0 Å². The molecule has 0 radical (unpaired) electrons. The molecule has 0 spiro atoms. The Morgan fingerprint density at radius 3 is 2.67 bits per heavy atom. The van der Waals surface area contributed by atoms with Gasteiger partial charge in [-0.25, -0.2) is 0 Å². The molecule has 0 aliphatic heterocycles. The van der Waals surface area contributed by atoms with Crippen molar-refractivity contribution in [1.82, 2.24) is 0 Å². The van der Waals surface area contributed by atoms with Crippen LogP contribution in [0.4, 0.5) is 5.69 Å². The van der Waals surface area contributed by atoms with Gasteiger partial charge in [-0.1, -0.05) is 6.92 Å². The minimum Gasteiger partial charge on any atom is -0.497 e. The van der Waals surface area contributed by atoms with Gasteiger partial charge in [-0.2, -0.15) is 0 Å². The monoisotopic (exact) mass is 252 g/mol. The van der Waals surface area contributed by atoms with Crippen molar-refractivity contribution in [2.45, 2.75) is 13.3 Å². The molecule has 0 aliphatic carbocycles. The van der Waals surface area contributed by atoms with Crippen molar-refractivity contribution in [2.75, 3.05) is 26.1 Å². The number of methoxy groups -OCH3 is 2. The summed E-state index contributed by atoms with van der Waals surface area (Å²) in [5.74, 6) is 1.06. The predicted molar refractivity (Wildman–Crippen MR) is 71.0 cm³/mol. The molecule has 1 aromatic carbocycles. The van der Waals surface area contributed by atoms with Gasteiger partial charge in [-0.05, 0) is 25.1 Å². The van der Waals surface area contributed by atoms with E-state index in [2.05, 4.69) is 5.32 Å². The molecule has 0 saturated heterocycles. The van der Waals surface area contributed by atoms with Gasteiger partial charge in [0.15, 0.2) is 0 Å². The van der Waals surface area contributed by atoms with Crippen molar-refractivity contribution < 1.29 is 14.3 Å². The van der Waals surface area contributed by atoms with Gasteiger partial charge in [0, 0.05) is 12.0 Å². The number of anilines is 1. The summed E-state index contributed by atoms with van der Waals surface area (Å²) in [6.45, 7) is 2.33. The highest BCUT2D eigenvalue weighted by Gasteiger charge is 2.14. The number of carbonyl (C=O) groups is 1. The molecule has 0 saturated carbocycles. The lowest BCUT2D eigenvalue weighted by Gasteiger charge is -2.14. The Labute approximate surface area is 107 Å². The van der Waals surface area contributed by atoms with Gasteiger partial charge in [-0.3, -0.25) is 4.79 Å². The quantitative estimate of drug-likeness (QED) is 0.807. The van der Waals surface area contributed by atoms with Gasteiger partial charge in [0.2, 0.25) is 5.91 Å². The Morgan fingerprint density at radius 2 is 2.11 bits per heavy atom. The van der Waals surface area contributed by atoms with E-state index in [0.717, 1.165) is 0 Å². The maximum absolute atomic E-state index is 11.9. The molecule has 1 rings (SSSR count). The highest BCUT2D eigenvalue weighted by atomic mass is 16.5. The third kappa shape index (κ3) is 3.63. The second kappa shape index (κ2) is 6.86. The molecule has 5 nitrogen and oxygen atoms in total. The maximum Gasteiger partial charge on any atom is 0.227 e. The highest BCUT2D eigenvalue weighted by Crippen LogP contribution is 2.29. The first kappa shape index (κ1) is 14.3. The van der Waals surface area contributed by atoms with E-state index in [-0.39, 0.29) is 11.8 Å². The summed E-state index contributed by atoms with van der Waals surface area (Å²) in [7, 11) is 3.13. The normalized spacial score (nSPS) is 11.8. The minimum atomic E-state index is -0.133. The molecule has 1 atom stereocenters. The molecule has 0 fully saturated rings. The lowest BCUT2D eigenvalue weighted by molar-refractivity contribution is -0.119. The zero-order valence-electron chi connectivity index (χ0n) is 11.0. The lowest BCUT2D eigenvalue weighted by atomic mass is 10.1. The number of ether oxygens (including phenoxy) is 2. The van der Waals surface area contributed by atoms with Crippen LogP contribution >= 0.6 is 0 Å². The number of nitrogens with two attached hydrogens (primary N) is 1. The van der Waals surface area contributed by atoms with Crippen molar-refractivity contribution in [2.24, 2.45) is 11.7 Å². The molecule has 0 bridgehead atoms. The molecule has 0 heterocycles. The largest absolute Gasteiger partial charge is 0.497 e. The first-order chi connectivity index (χ1) is 8.62. The fraction of sp³-hybridized carbons (Fsp3) is 0.462. The van der Waals surface area contributed by atoms with Crippen LogP contribution < -0.4 is 20.5 Å². The standard InChI is InChI=1S/C13H20N2O3/c1-9(6-7-14)13(16)15-11-8-10(17-2)4-5-12(11)18-3/h4-5,8-9H,6-7,14H2,1-3H3,(H,15,16). The summed E-state index contributed by atoms with van der Waals surface area (Å²) in [6.07, 6.45) is 0.651. The van der Waals surface area contributed by atoms with E-state index in [0.29, 0.717) is 30.2 Å². The van der Waals surface area contributed by atoms with E-state index in [1.54, 1.807) is 32.4 Å². The van der Waals surface area contributed by atoms with Gasteiger partial charge in [-0.15, -0.1) is 0 Å². The number of rotatable bonds is 6. The van der Waals surface area contributed by atoms with E-state index in [9.17, 15) is 4.79 Å². The summed E-state index contributed by atoms with van der Waals surface area (Å²) >= 11 is 0. The molecule has 3 N–H and O–H groups in total. The van der Waals surface area contributed by atoms with Crippen LogP contribution in [0, 0.1) is 5.92 Å². The molecule has 0 aromatic heterocycles. The van der Waals surface area contributed by atoms with Crippen LogP contribution in [0.25, 0.3) is 0 Å². The highest BCUT2D eigenvalue weighted by molar-refractivity contribution is 5.94. The Hall–Kier alpha value is -1.75. The molecule has 100 valence electrons. The molecular formula is C13H20N2O3. The van der Waals surface area contributed by atoms with E-state index in [4.69, 9.17) is 15.2 Å². The smallest absolute Gasteiger partial charge is 0.227 e. The predicted octanol–water partition coefficient (Wildman–Crippen LogP) is 1.63. The van der Waals surface area contributed by atoms with Crippen LogP contribution in [0.5, 0.6) is 11.5 Å². The van der Waals surface area contributed by atoms with Crippen molar-refractivity contribution in [1.29, 1.82) is 0 Å². The number of hydrogen-bond acceptors (Lipinski definition) is 4. The molecule has 1 aromatic rings. The van der Waals surface area contributed by atoms with E-state index >= 15 is 0 Å². The molecular weight excluding hydrogens is 232 g/mol. The number of benzene rings is 1. The number of nitrogens with one attached hydrogen (secondary N) is 1. The third-order valence-electron chi connectivity index (χ3n) is 2.71.